The maximum absolute atomic E-state index is 12.8. The smallest absolute Gasteiger partial charge is 0.242 e. The third-order valence-electron chi connectivity index (χ3n) is 6.32. The monoisotopic (exact) mass is 444 g/mol. The predicted molar refractivity (Wildman–Crippen MR) is 126 cm³/mol. The Bertz CT molecular complexity index is 759. The number of amides is 2. The minimum Gasteiger partial charge on any atom is -0.493 e. The molecular formula is C25H40N4O3. The molecule has 1 unspecified atom stereocenters. The van der Waals surface area contributed by atoms with Crippen molar-refractivity contribution in [2.75, 3.05) is 53.4 Å². The number of hydrogen-bond acceptors (Lipinski definition) is 5. The lowest BCUT2D eigenvalue weighted by atomic mass is 9.97. The van der Waals surface area contributed by atoms with Crippen molar-refractivity contribution in [3.63, 3.8) is 0 Å². The summed E-state index contributed by atoms with van der Waals surface area (Å²) in [5.41, 5.74) is 1.20. The molecule has 1 aromatic carbocycles. The summed E-state index contributed by atoms with van der Waals surface area (Å²) in [5.74, 6) is 1.98. The van der Waals surface area contributed by atoms with Crippen molar-refractivity contribution in [2.45, 2.75) is 45.7 Å². The molecule has 7 heteroatoms. The number of nitrogens with zero attached hydrogens (tertiary/aromatic N) is 3. The van der Waals surface area contributed by atoms with Gasteiger partial charge >= 0.3 is 0 Å². The number of rotatable bonds is 9. The lowest BCUT2D eigenvalue weighted by Crippen LogP contribution is -2.57. The minimum atomic E-state index is -0.158. The number of carbonyl (C=O) groups excluding carboxylic acids is 2. The summed E-state index contributed by atoms with van der Waals surface area (Å²) < 4.78 is 6.16. The topological polar surface area (TPSA) is 65.1 Å². The highest BCUT2D eigenvalue weighted by Gasteiger charge is 2.32. The number of likely N-dealkylation sites (tertiary alicyclic amines) is 1. The van der Waals surface area contributed by atoms with Gasteiger partial charge in [-0.05, 0) is 51.3 Å². The Labute approximate surface area is 193 Å². The number of piperazine rings is 1. The van der Waals surface area contributed by atoms with Gasteiger partial charge in [0.2, 0.25) is 11.8 Å². The molecule has 2 aliphatic heterocycles. The number of nitrogens with one attached hydrogen (secondary N) is 1. The van der Waals surface area contributed by atoms with Crippen LogP contribution in [0.3, 0.4) is 0 Å². The van der Waals surface area contributed by atoms with E-state index in [0.29, 0.717) is 25.0 Å². The van der Waals surface area contributed by atoms with E-state index >= 15 is 0 Å². The average molecular weight is 445 g/mol. The van der Waals surface area contributed by atoms with Gasteiger partial charge in [0.25, 0.3) is 0 Å². The van der Waals surface area contributed by atoms with Crippen LogP contribution in [0.5, 0.6) is 5.75 Å². The first kappa shape index (κ1) is 24.5. The zero-order valence-electron chi connectivity index (χ0n) is 20.2. The highest BCUT2D eigenvalue weighted by molar-refractivity contribution is 5.88. The lowest BCUT2D eigenvalue weighted by molar-refractivity contribution is -0.144. The van der Waals surface area contributed by atoms with E-state index in [-0.39, 0.29) is 24.4 Å². The maximum atomic E-state index is 12.8. The van der Waals surface area contributed by atoms with Crippen LogP contribution in [0.1, 0.15) is 38.7 Å². The van der Waals surface area contributed by atoms with Crippen LogP contribution < -0.4 is 10.1 Å². The minimum absolute atomic E-state index is 0.0676. The summed E-state index contributed by atoms with van der Waals surface area (Å²) in [5, 5.41) is 3.30. The first-order valence-electron chi connectivity index (χ1n) is 12.0. The molecule has 0 saturated carbocycles. The van der Waals surface area contributed by atoms with Gasteiger partial charge in [-0.3, -0.25) is 9.59 Å². The molecule has 0 aromatic heterocycles. The van der Waals surface area contributed by atoms with Gasteiger partial charge in [0.1, 0.15) is 5.75 Å². The van der Waals surface area contributed by atoms with E-state index < -0.39 is 0 Å². The Kier molecular flexibility index (Phi) is 8.93. The molecule has 2 saturated heterocycles. The van der Waals surface area contributed by atoms with Gasteiger partial charge in [-0.15, -0.1) is 0 Å². The molecule has 3 rings (SSSR count). The highest BCUT2D eigenvalue weighted by Crippen LogP contribution is 2.23. The number of ether oxygens (including phenoxy) is 1. The molecule has 0 spiro atoms. The first-order chi connectivity index (χ1) is 15.3. The molecule has 2 amide bonds. The molecule has 2 aliphatic rings. The van der Waals surface area contributed by atoms with Gasteiger partial charge in [0, 0.05) is 38.3 Å². The lowest BCUT2D eigenvalue weighted by Gasteiger charge is -2.36. The van der Waals surface area contributed by atoms with E-state index in [1.54, 1.807) is 4.90 Å². The van der Waals surface area contributed by atoms with Crippen LogP contribution >= 0.6 is 0 Å². The molecule has 1 aromatic rings. The zero-order valence-corrected chi connectivity index (χ0v) is 20.2. The Morgan fingerprint density at radius 1 is 1.19 bits per heavy atom. The standard InChI is InChI=1S/C25H40N4O3/c1-19(2)15-22-25(31)29(14-11-26-22)17-24(30)28-12-9-20(10-13-28)18-32-23-8-6-5-7-21(23)16-27(3)4/h5-8,19-20,22,26H,9-18H2,1-4H3. The van der Waals surface area contributed by atoms with Crippen molar-refractivity contribution in [1.29, 1.82) is 0 Å². The second kappa shape index (κ2) is 11.7. The first-order valence-corrected chi connectivity index (χ1v) is 12.0. The van der Waals surface area contributed by atoms with Gasteiger partial charge < -0.3 is 24.8 Å². The van der Waals surface area contributed by atoms with Crippen molar-refractivity contribution in [3.05, 3.63) is 29.8 Å². The molecule has 7 nitrogen and oxygen atoms in total. The predicted octanol–water partition coefficient (Wildman–Crippen LogP) is 2.21. The van der Waals surface area contributed by atoms with Crippen molar-refractivity contribution in [3.8, 4) is 5.75 Å². The molecule has 32 heavy (non-hydrogen) atoms. The summed E-state index contributed by atoms with van der Waals surface area (Å²) in [7, 11) is 4.11. The molecule has 178 valence electrons. The Hall–Kier alpha value is -2.12. The third kappa shape index (κ3) is 6.94. The van der Waals surface area contributed by atoms with Crippen LogP contribution in [-0.4, -0.2) is 86.0 Å². The van der Waals surface area contributed by atoms with Crippen LogP contribution in [-0.2, 0) is 16.1 Å². The fraction of sp³-hybridized carbons (Fsp3) is 0.680. The highest BCUT2D eigenvalue weighted by atomic mass is 16.5. The summed E-state index contributed by atoms with van der Waals surface area (Å²) in [6.07, 6.45) is 2.69. The van der Waals surface area contributed by atoms with Crippen LogP contribution in [0, 0.1) is 11.8 Å². The number of piperidine rings is 1. The molecule has 1 N–H and O–H groups in total. The van der Waals surface area contributed by atoms with E-state index in [0.717, 1.165) is 51.2 Å². The van der Waals surface area contributed by atoms with Gasteiger partial charge in [0.05, 0.1) is 19.2 Å². The molecule has 0 aliphatic carbocycles. The van der Waals surface area contributed by atoms with Gasteiger partial charge in [0.15, 0.2) is 0 Å². The van der Waals surface area contributed by atoms with Crippen LogP contribution in [0.4, 0.5) is 0 Å². The van der Waals surface area contributed by atoms with Crippen LogP contribution in [0.2, 0.25) is 0 Å². The van der Waals surface area contributed by atoms with E-state index in [1.807, 2.05) is 23.1 Å². The van der Waals surface area contributed by atoms with E-state index in [9.17, 15) is 9.59 Å². The number of benzene rings is 1. The van der Waals surface area contributed by atoms with Crippen LogP contribution in [0.15, 0.2) is 24.3 Å². The molecule has 2 fully saturated rings. The van der Waals surface area contributed by atoms with Crippen molar-refractivity contribution in [1.82, 2.24) is 20.0 Å². The Morgan fingerprint density at radius 2 is 1.91 bits per heavy atom. The quantitative estimate of drug-likeness (QED) is 0.633. The summed E-state index contributed by atoms with van der Waals surface area (Å²) in [6, 6.07) is 8.05. The molecule has 2 heterocycles. The van der Waals surface area contributed by atoms with Crippen molar-refractivity contribution < 1.29 is 14.3 Å². The fourth-order valence-electron chi connectivity index (χ4n) is 4.54. The number of hydrogen-bond donors (Lipinski definition) is 1. The van der Waals surface area contributed by atoms with E-state index in [4.69, 9.17) is 4.74 Å². The zero-order chi connectivity index (χ0) is 23.1. The Balaban J connectivity index is 1.44. The summed E-state index contributed by atoms with van der Waals surface area (Å²) in [4.78, 5) is 31.4. The second-order valence-electron chi connectivity index (χ2n) is 9.88. The third-order valence-corrected chi connectivity index (χ3v) is 6.32. The summed E-state index contributed by atoms with van der Waals surface area (Å²) >= 11 is 0. The van der Waals surface area contributed by atoms with Crippen LogP contribution in [0.25, 0.3) is 0 Å². The van der Waals surface area contributed by atoms with Gasteiger partial charge in [-0.25, -0.2) is 0 Å². The largest absolute Gasteiger partial charge is 0.493 e. The summed E-state index contributed by atoms with van der Waals surface area (Å²) in [6.45, 7) is 8.81. The van der Waals surface area contributed by atoms with E-state index in [1.165, 1.54) is 5.56 Å². The number of para-hydroxylation sites is 1. The van der Waals surface area contributed by atoms with Gasteiger partial charge in [-0.1, -0.05) is 32.0 Å². The average Bonchev–Trinajstić information content (AvgIpc) is 2.75. The Morgan fingerprint density at radius 3 is 2.59 bits per heavy atom. The second-order valence-corrected chi connectivity index (χ2v) is 9.88. The van der Waals surface area contributed by atoms with Gasteiger partial charge in [-0.2, -0.15) is 0 Å². The molecule has 0 radical (unpaired) electrons. The van der Waals surface area contributed by atoms with E-state index in [2.05, 4.69) is 44.2 Å². The van der Waals surface area contributed by atoms with Crippen molar-refractivity contribution in [2.24, 2.45) is 11.8 Å². The normalized spacial score (nSPS) is 20.3. The SMILES string of the molecule is CC(C)CC1NCCN(CC(=O)N2CCC(COc3ccccc3CN(C)C)CC2)C1=O. The number of carbonyl (C=O) groups is 2. The molecule has 0 bridgehead atoms. The van der Waals surface area contributed by atoms with Crippen molar-refractivity contribution >= 4 is 11.8 Å². The molecule has 1 atom stereocenters. The fourth-order valence-corrected chi connectivity index (χ4v) is 4.54. The molecular weight excluding hydrogens is 404 g/mol. The maximum Gasteiger partial charge on any atom is 0.242 e.